The van der Waals surface area contributed by atoms with Gasteiger partial charge in [-0.25, -0.2) is 4.39 Å². The average Bonchev–Trinajstić information content (AvgIpc) is 3.22. The number of rotatable bonds is 5. The smallest absolute Gasteiger partial charge is 0.224 e. The van der Waals surface area contributed by atoms with E-state index in [-0.39, 0.29) is 18.0 Å². The highest BCUT2D eigenvalue weighted by Crippen LogP contribution is 2.44. The van der Waals surface area contributed by atoms with Gasteiger partial charge < -0.3 is 15.0 Å². The lowest BCUT2D eigenvalue weighted by Gasteiger charge is -2.36. The summed E-state index contributed by atoms with van der Waals surface area (Å²) in [5.41, 5.74) is 3.98. The second-order valence-electron chi connectivity index (χ2n) is 9.61. The highest BCUT2D eigenvalue weighted by atomic mass is 19.1. The van der Waals surface area contributed by atoms with Gasteiger partial charge in [0.25, 0.3) is 0 Å². The van der Waals surface area contributed by atoms with E-state index in [4.69, 9.17) is 4.74 Å². The van der Waals surface area contributed by atoms with E-state index in [1.54, 1.807) is 11.6 Å². The number of aromatic nitrogens is 2. The molecule has 0 spiro atoms. The zero-order chi connectivity index (χ0) is 22.2. The Balaban J connectivity index is 1.52. The fourth-order valence-electron chi connectivity index (χ4n) is 5.30. The fourth-order valence-corrected chi connectivity index (χ4v) is 5.30. The summed E-state index contributed by atoms with van der Waals surface area (Å²) in [6.07, 6.45) is 9.05. The number of hydrogen-bond donors (Lipinski definition) is 1. The van der Waals surface area contributed by atoms with E-state index in [2.05, 4.69) is 17.3 Å². The van der Waals surface area contributed by atoms with Gasteiger partial charge in [-0.2, -0.15) is 5.10 Å². The largest absolute Gasteiger partial charge is 0.492 e. The first-order valence-corrected chi connectivity index (χ1v) is 12.0. The molecule has 7 heteroatoms. The number of alkyl halides is 1. The van der Waals surface area contributed by atoms with Crippen molar-refractivity contribution in [2.75, 3.05) is 24.6 Å². The molecule has 1 aromatic carbocycles. The van der Waals surface area contributed by atoms with Crippen LogP contribution in [0, 0.1) is 5.92 Å². The molecule has 1 aliphatic carbocycles. The van der Waals surface area contributed by atoms with Gasteiger partial charge in [0.1, 0.15) is 11.9 Å². The Morgan fingerprint density at radius 3 is 2.84 bits per heavy atom. The lowest BCUT2D eigenvalue weighted by atomic mass is 9.86. The highest BCUT2D eigenvalue weighted by Gasteiger charge is 2.31. The lowest BCUT2D eigenvalue weighted by molar-refractivity contribution is -0.117. The number of nitrogens with one attached hydrogen (secondary N) is 1. The molecule has 1 N–H and O–H groups in total. The van der Waals surface area contributed by atoms with Crippen molar-refractivity contribution in [1.29, 1.82) is 0 Å². The quantitative estimate of drug-likeness (QED) is 0.754. The SMILES string of the molecule is CC(=O)N1c2ccc(-c3cnn([C@H]4CCNC[C@H]4F)c3)c(OCC3CCC3)c2CC[C@H]1C. The summed E-state index contributed by atoms with van der Waals surface area (Å²) in [5, 5.41) is 7.63. The van der Waals surface area contributed by atoms with Crippen molar-refractivity contribution in [1.82, 2.24) is 15.1 Å². The predicted molar refractivity (Wildman–Crippen MR) is 123 cm³/mol. The Labute approximate surface area is 189 Å². The molecule has 2 aliphatic heterocycles. The third-order valence-electron chi connectivity index (χ3n) is 7.40. The number of ether oxygens (including phenoxy) is 1. The molecule has 0 unspecified atom stereocenters. The molecule has 3 aliphatic rings. The van der Waals surface area contributed by atoms with Crippen LogP contribution in [-0.4, -0.2) is 47.6 Å². The summed E-state index contributed by atoms with van der Waals surface area (Å²) < 4.78 is 22.7. The van der Waals surface area contributed by atoms with E-state index >= 15 is 0 Å². The van der Waals surface area contributed by atoms with Crippen LogP contribution in [-0.2, 0) is 11.2 Å². The fraction of sp³-hybridized carbons (Fsp3) is 0.600. The molecule has 1 amide bonds. The topological polar surface area (TPSA) is 59.4 Å². The van der Waals surface area contributed by atoms with Gasteiger partial charge in [0, 0.05) is 42.4 Å². The van der Waals surface area contributed by atoms with Gasteiger partial charge in [-0.15, -0.1) is 0 Å². The number of piperidine rings is 1. The van der Waals surface area contributed by atoms with Gasteiger partial charge >= 0.3 is 0 Å². The van der Waals surface area contributed by atoms with E-state index in [0.29, 0.717) is 19.1 Å². The van der Waals surface area contributed by atoms with Crippen molar-refractivity contribution in [2.24, 2.45) is 5.92 Å². The first-order chi connectivity index (χ1) is 15.5. The molecule has 2 fully saturated rings. The Kier molecular flexibility index (Phi) is 5.93. The predicted octanol–water partition coefficient (Wildman–Crippen LogP) is 4.29. The zero-order valence-electron chi connectivity index (χ0n) is 19.0. The zero-order valence-corrected chi connectivity index (χ0v) is 19.0. The minimum Gasteiger partial charge on any atom is -0.492 e. The van der Waals surface area contributed by atoms with Crippen LogP contribution in [0.3, 0.4) is 0 Å². The first-order valence-electron chi connectivity index (χ1n) is 12.0. The Morgan fingerprint density at radius 2 is 2.12 bits per heavy atom. The molecule has 5 rings (SSSR count). The molecule has 32 heavy (non-hydrogen) atoms. The van der Waals surface area contributed by atoms with E-state index in [1.165, 1.54) is 19.3 Å². The van der Waals surface area contributed by atoms with Crippen LogP contribution in [0.5, 0.6) is 5.75 Å². The second kappa shape index (κ2) is 8.85. The number of benzene rings is 1. The Morgan fingerprint density at radius 1 is 1.28 bits per heavy atom. The van der Waals surface area contributed by atoms with Gasteiger partial charge in [-0.3, -0.25) is 9.48 Å². The molecule has 3 heterocycles. The summed E-state index contributed by atoms with van der Waals surface area (Å²) in [6.45, 7) is 5.60. The van der Waals surface area contributed by atoms with Crippen LogP contribution in [0.25, 0.3) is 11.1 Å². The molecule has 0 bridgehead atoms. The van der Waals surface area contributed by atoms with E-state index in [0.717, 1.165) is 53.9 Å². The molecule has 3 atom stereocenters. The Bertz CT molecular complexity index is 986. The summed E-state index contributed by atoms with van der Waals surface area (Å²) >= 11 is 0. The number of halogens is 1. The van der Waals surface area contributed by atoms with Crippen molar-refractivity contribution in [3.63, 3.8) is 0 Å². The minimum atomic E-state index is -0.944. The molecule has 1 saturated heterocycles. The maximum Gasteiger partial charge on any atom is 0.224 e. The molecule has 1 saturated carbocycles. The molecule has 0 radical (unpaired) electrons. The van der Waals surface area contributed by atoms with Crippen molar-refractivity contribution in [3.05, 3.63) is 30.1 Å². The van der Waals surface area contributed by atoms with Gasteiger partial charge in [0.2, 0.25) is 5.91 Å². The molecular formula is C25H33FN4O2. The summed E-state index contributed by atoms with van der Waals surface area (Å²) in [7, 11) is 0. The maximum absolute atomic E-state index is 14.5. The molecule has 2 aromatic rings. The van der Waals surface area contributed by atoms with Crippen LogP contribution in [0.1, 0.15) is 57.6 Å². The normalized spacial score (nSPS) is 25.8. The van der Waals surface area contributed by atoms with Crippen LogP contribution in [0.15, 0.2) is 24.5 Å². The molecule has 6 nitrogen and oxygen atoms in total. The number of carbonyl (C=O) groups excluding carboxylic acids is 1. The van der Waals surface area contributed by atoms with Crippen LogP contribution >= 0.6 is 0 Å². The van der Waals surface area contributed by atoms with Crippen molar-refractivity contribution >= 4 is 11.6 Å². The number of anilines is 1. The summed E-state index contributed by atoms with van der Waals surface area (Å²) in [6, 6.07) is 4.02. The third kappa shape index (κ3) is 3.91. The first kappa shape index (κ1) is 21.4. The minimum absolute atomic E-state index is 0.0591. The third-order valence-corrected chi connectivity index (χ3v) is 7.40. The average molecular weight is 441 g/mol. The van der Waals surface area contributed by atoms with E-state index in [9.17, 15) is 9.18 Å². The summed E-state index contributed by atoms with van der Waals surface area (Å²) in [5.74, 6) is 1.54. The highest BCUT2D eigenvalue weighted by molar-refractivity contribution is 5.95. The van der Waals surface area contributed by atoms with Gasteiger partial charge in [-0.05, 0) is 63.6 Å². The monoisotopic (exact) mass is 440 g/mol. The van der Waals surface area contributed by atoms with E-state index in [1.807, 2.05) is 29.4 Å². The van der Waals surface area contributed by atoms with Gasteiger partial charge in [0.05, 0.1) is 24.5 Å². The maximum atomic E-state index is 14.5. The Hall–Kier alpha value is -2.41. The number of fused-ring (bicyclic) bond motifs is 1. The standard InChI is InChI=1S/C25H33FN4O2/c1-16-6-7-21-23(30(16)17(2)31)9-8-20(25(21)32-15-18-4-3-5-18)19-12-28-29(14-19)24-10-11-27-13-22(24)26/h8-9,12,14,16,18,22,24,27H,3-7,10-11,13,15H2,1-2H3/t16-,22-,24+/m1/s1. The summed E-state index contributed by atoms with van der Waals surface area (Å²) in [4.78, 5) is 14.3. The van der Waals surface area contributed by atoms with E-state index < -0.39 is 6.17 Å². The molecule has 172 valence electrons. The molecular weight excluding hydrogens is 407 g/mol. The van der Waals surface area contributed by atoms with Crippen LogP contribution in [0.4, 0.5) is 10.1 Å². The number of hydrogen-bond acceptors (Lipinski definition) is 4. The number of carbonyl (C=O) groups is 1. The number of amides is 1. The van der Waals surface area contributed by atoms with Crippen LogP contribution < -0.4 is 15.0 Å². The van der Waals surface area contributed by atoms with Gasteiger partial charge in [-0.1, -0.05) is 6.42 Å². The lowest BCUT2D eigenvalue weighted by Crippen LogP contribution is -2.40. The molecule has 1 aromatic heterocycles. The van der Waals surface area contributed by atoms with Crippen molar-refractivity contribution in [2.45, 2.75) is 70.6 Å². The number of nitrogens with zero attached hydrogens (tertiary/aromatic N) is 3. The van der Waals surface area contributed by atoms with Crippen LogP contribution in [0.2, 0.25) is 0 Å². The van der Waals surface area contributed by atoms with Crippen molar-refractivity contribution < 1.29 is 13.9 Å². The van der Waals surface area contributed by atoms with Crippen molar-refractivity contribution in [3.8, 4) is 16.9 Å². The van der Waals surface area contributed by atoms with Gasteiger partial charge in [0.15, 0.2) is 0 Å². The second-order valence-corrected chi connectivity index (χ2v) is 9.61.